The van der Waals surface area contributed by atoms with Crippen LogP contribution in [0.1, 0.15) is 19.4 Å². The second-order valence-electron chi connectivity index (χ2n) is 6.63. The standard InChI is InChI=1S/C18H28N4O3/c1-14(2)16(17(23)25-3)20-18(24)22-12-10-21(11-13-22)9-6-15-4-7-19-8-5-15/h4-5,7-8,14,16H,6,9-13H2,1-3H3,(H,20,24)/t16-/m0/s1. The zero-order chi connectivity index (χ0) is 18.2. The van der Waals surface area contributed by atoms with E-state index in [1.807, 2.05) is 38.4 Å². The Kier molecular flexibility index (Phi) is 7.18. The highest BCUT2D eigenvalue weighted by molar-refractivity contribution is 5.83. The van der Waals surface area contributed by atoms with E-state index in [-0.39, 0.29) is 11.9 Å². The highest BCUT2D eigenvalue weighted by Crippen LogP contribution is 2.08. The molecule has 1 aromatic heterocycles. The van der Waals surface area contributed by atoms with Gasteiger partial charge in [-0.3, -0.25) is 9.88 Å². The molecule has 1 saturated heterocycles. The number of nitrogens with zero attached hydrogens (tertiary/aromatic N) is 3. The van der Waals surface area contributed by atoms with E-state index in [2.05, 4.69) is 15.2 Å². The summed E-state index contributed by atoms with van der Waals surface area (Å²) in [5.74, 6) is -0.419. The normalized spacial score (nSPS) is 16.6. The fraction of sp³-hybridized carbons (Fsp3) is 0.611. The summed E-state index contributed by atoms with van der Waals surface area (Å²) in [5.41, 5.74) is 1.27. The predicted molar refractivity (Wildman–Crippen MR) is 95.1 cm³/mol. The molecule has 1 fully saturated rings. The number of rotatable bonds is 6. The minimum Gasteiger partial charge on any atom is -0.467 e. The Morgan fingerprint density at radius 1 is 1.20 bits per heavy atom. The second-order valence-corrected chi connectivity index (χ2v) is 6.63. The Bertz CT molecular complexity index is 557. The average Bonchev–Trinajstić information content (AvgIpc) is 2.64. The molecule has 7 nitrogen and oxygen atoms in total. The van der Waals surface area contributed by atoms with Gasteiger partial charge in [0.05, 0.1) is 7.11 Å². The lowest BCUT2D eigenvalue weighted by atomic mass is 10.1. The van der Waals surface area contributed by atoms with E-state index in [4.69, 9.17) is 4.74 Å². The van der Waals surface area contributed by atoms with E-state index in [0.29, 0.717) is 13.1 Å². The van der Waals surface area contributed by atoms with Crippen molar-refractivity contribution in [1.29, 1.82) is 0 Å². The van der Waals surface area contributed by atoms with Crippen molar-refractivity contribution < 1.29 is 14.3 Å². The molecule has 2 heterocycles. The number of carbonyl (C=O) groups is 2. The van der Waals surface area contributed by atoms with Gasteiger partial charge in [-0.25, -0.2) is 9.59 Å². The van der Waals surface area contributed by atoms with Gasteiger partial charge in [-0.05, 0) is 30.0 Å². The van der Waals surface area contributed by atoms with Crippen LogP contribution in [0.4, 0.5) is 4.79 Å². The summed E-state index contributed by atoms with van der Waals surface area (Å²) < 4.78 is 4.77. The van der Waals surface area contributed by atoms with Gasteiger partial charge in [0.1, 0.15) is 6.04 Å². The number of aromatic nitrogens is 1. The predicted octanol–water partition coefficient (Wildman–Crippen LogP) is 1.15. The van der Waals surface area contributed by atoms with E-state index < -0.39 is 12.0 Å². The van der Waals surface area contributed by atoms with E-state index in [0.717, 1.165) is 26.1 Å². The fourth-order valence-electron chi connectivity index (χ4n) is 2.86. The molecule has 0 aromatic carbocycles. The monoisotopic (exact) mass is 348 g/mol. The number of hydrogen-bond donors (Lipinski definition) is 1. The maximum absolute atomic E-state index is 12.4. The molecule has 0 radical (unpaired) electrons. The number of piperazine rings is 1. The Hall–Kier alpha value is -2.15. The number of methoxy groups -OCH3 is 1. The molecule has 0 unspecified atom stereocenters. The van der Waals surface area contributed by atoms with Crippen LogP contribution in [0.25, 0.3) is 0 Å². The van der Waals surface area contributed by atoms with E-state index in [1.54, 1.807) is 4.90 Å². The van der Waals surface area contributed by atoms with Crippen molar-refractivity contribution in [3.8, 4) is 0 Å². The first-order valence-corrected chi connectivity index (χ1v) is 8.75. The van der Waals surface area contributed by atoms with Gasteiger partial charge in [0.15, 0.2) is 0 Å². The second kappa shape index (κ2) is 9.36. The molecule has 1 aromatic rings. The molecule has 7 heteroatoms. The van der Waals surface area contributed by atoms with Gasteiger partial charge in [-0.1, -0.05) is 13.8 Å². The SMILES string of the molecule is COC(=O)[C@@H](NC(=O)N1CCN(CCc2ccncc2)CC1)C(C)C. The quantitative estimate of drug-likeness (QED) is 0.781. The van der Waals surface area contributed by atoms with Crippen molar-refractivity contribution in [2.75, 3.05) is 39.8 Å². The Labute approximate surface area is 149 Å². The summed E-state index contributed by atoms with van der Waals surface area (Å²) in [6.45, 7) is 7.74. The highest BCUT2D eigenvalue weighted by Gasteiger charge is 2.28. The topological polar surface area (TPSA) is 74.8 Å². The summed E-state index contributed by atoms with van der Waals surface area (Å²) in [4.78, 5) is 32.3. The Balaban J connectivity index is 1.77. The lowest BCUT2D eigenvalue weighted by Crippen LogP contribution is -2.55. The number of pyridine rings is 1. The molecule has 1 aliphatic rings. The minimum atomic E-state index is -0.609. The summed E-state index contributed by atoms with van der Waals surface area (Å²) in [6.07, 6.45) is 4.60. The molecule has 1 aliphatic heterocycles. The number of nitrogens with one attached hydrogen (secondary N) is 1. The van der Waals surface area contributed by atoms with E-state index in [1.165, 1.54) is 12.7 Å². The zero-order valence-electron chi connectivity index (χ0n) is 15.3. The van der Waals surface area contributed by atoms with Crippen molar-refractivity contribution in [3.63, 3.8) is 0 Å². The van der Waals surface area contributed by atoms with Crippen LogP contribution in [0.15, 0.2) is 24.5 Å². The van der Waals surface area contributed by atoms with E-state index >= 15 is 0 Å². The van der Waals surface area contributed by atoms with Crippen molar-refractivity contribution in [2.45, 2.75) is 26.3 Å². The van der Waals surface area contributed by atoms with Crippen LogP contribution >= 0.6 is 0 Å². The molecular weight excluding hydrogens is 320 g/mol. The lowest BCUT2D eigenvalue weighted by Gasteiger charge is -2.35. The molecule has 25 heavy (non-hydrogen) atoms. The third-order valence-corrected chi connectivity index (χ3v) is 4.53. The molecule has 0 bridgehead atoms. The molecule has 1 N–H and O–H groups in total. The molecule has 0 spiro atoms. The first-order chi connectivity index (χ1) is 12.0. The van der Waals surface area contributed by atoms with Gasteiger partial charge in [0, 0.05) is 45.1 Å². The van der Waals surface area contributed by atoms with Gasteiger partial charge in [-0.2, -0.15) is 0 Å². The van der Waals surface area contributed by atoms with Gasteiger partial charge >= 0.3 is 12.0 Å². The molecule has 0 saturated carbocycles. The smallest absolute Gasteiger partial charge is 0.328 e. The molecular formula is C18H28N4O3. The third kappa shape index (κ3) is 5.70. The summed E-state index contributed by atoms with van der Waals surface area (Å²) in [6, 6.07) is 3.26. The van der Waals surface area contributed by atoms with Crippen molar-refractivity contribution in [3.05, 3.63) is 30.1 Å². The van der Waals surface area contributed by atoms with Gasteiger partial charge < -0.3 is 15.0 Å². The summed E-state index contributed by atoms with van der Waals surface area (Å²) in [5, 5.41) is 2.80. The van der Waals surface area contributed by atoms with Crippen LogP contribution < -0.4 is 5.32 Å². The average molecular weight is 348 g/mol. The number of carbonyl (C=O) groups excluding carboxylic acids is 2. The Morgan fingerprint density at radius 2 is 1.84 bits per heavy atom. The van der Waals surface area contributed by atoms with Gasteiger partial charge in [0.25, 0.3) is 0 Å². The number of hydrogen-bond acceptors (Lipinski definition) is 5. The van der Waals surface area contributed by atoms with Crippen LogP contribution in [0.3, 0.4) is 0 Å². The highest BCUT2D eigenvalue weighted by atomic mass is 16.5. The minimum absolute atomic E-state index is 0.0157. The molecule has 1 atom stereocenters. The molecule has 0 aliphatic carbocycles. The number of esters is 1. The number of urea groups is 1. The van der Waals surface area contributed by atoms with Gasteiger partial charge in [0.2, 0.25) is 0 Å². The van der Waals surface area contributed by atoms with E-state index in [9.17, 15) is 9.59 Å². The van der Waals surface area contributed by atoms with Crippen LogP contribution in [-0.4, -0.2) is 72.7 Å². The van der Waals surface area contributed by atoms with Crippen LogP contribution in [-0.2, 0) is 16.0 Å². The summed E-state index contributed by atoms with van der Waals surface area (Å²) in [7, 11) is 1.34. The lowest BCUT2D eigenvalue weighted by molar-refractivity contribution is -0.144. The number of ether oxygens (including phenoxy) is 1. The maximum Gasteiger partial charge on any atom is 0.328 e. The first-order valence-electron chi connectivity index (χ1n) is 8.75. The molecule has 2 rings (SSSR count). The molecule has 138 valence electrons. The van der Waals surface area contributed by atoms with Crippen molar-refractivity contribution in [2.24, 2.45) is 5.92 Å². The van der Waals surface area contributed by atoms with Gasteiger partial charge in [-0.15, -0.1) is 0 Å². The van der Waals surface area contributed by atoms with Crippen LogP contribution in [0.2, 0.25) is 0 Å². The first kappa shape index (κ1) is 19.2. The third-order valence-electron chi connectivity index (χ3n) is 4.53. The van der Waals surface area contributed by atoms with Crippen molar-refractivity contribution >= 4 is 12.0 Å². The van der Waals surface area contributed by atoms with Crippen LogP contribution in [0, 0.1) is 5.92 Å². The van der Waals surface area contributed by atoms with Crippen LogP contribution in [0.5, 0.6) is 0 Å². The Morgan fingerprint density at radius 3 is 2.40 bits per heavy atom. The fourth-order valence-corrected chi connectivity index (χ4v) is 2.86. The largest absolute Gasteiger partial charge is 0.467 e. The number of amides is 2. The van der Waals surface area contributed by atoms with Crippen molar-refractivity contribution in [1.82, 2.24) is 20.1 Å². The maximum atomic E-state index is 12.4. The zero-order valence-corrected chi connectivity index (χ0v) is 15.3. The molecule has 2 amide bonds. The summed E-state index contributed by atoms with van der Waals surface area (Å²) >= 11 is 0.